The molecule has 18 heavy (non-hydrogen) atoms. The lowest BCUT2D eigenvalue weighted by Gasteiger charge is -2.26. The molecule has 0 bridgehead atoms. The van der Waals surface area contributed by atoms with E-state index in [2.05, 4.69) is 17.6 Å². The molecular formula is C14H19ClN2O. The van der Waals surface area contributed by atoms with Gasteiger partial charge in [0.25, 0.3) is 0 Å². The van der Waals surface area contributed by atoms with Crippen LogP contribution in [0.25, 0.3) is 0 Å². The van der Waals surface area contributed by atoms with Gasteiger partial charge in [-0.1, -0.05) is 30.7 Å². The van der Waals surface area contributed by atoms with Crippen LogP contribution in [-0.4, -0.2) is 12.1 Å². The van der Waals surface area contributed by atoms with Gasteiger partial charge in [-0.25, -0.2) is 4.79 Å². The first-order valence-corrected chi connectivity index (χ1v) is 6.85. The molecular weight excluding hydrogens is 248 g/mol. The van der Waals surface area contributed by atoms with Gasteiger partial charge in [0.15, 0.2) is 0 Å². The molecule has 1 aromatic rings. The van der Waals surface area contributed by atoms with E-state index in [0.717, 1.165) is 18.8 Å². The first-order valence-electron chi connectivity index (χ1n) is 6.47. The lowest BCUT2D eigenvalue weighted by Crippen LogP contribution is -2.39. The predicted molar refractivity (Wildman–Crippen MR) is 75.0 cm³/mol. The van der Waals surface area contributed by atoms with E-state index in [1.54, 1.807) is 12.1 Å². The summed E-state index contributed by atoms with van der Waals surface area (Å²) in [6.07, 6.45) is 4.52. The van der Waals surface area contributed by atoms with E-state index < -0.39 is 0 Å². The number of urea groups is 1. The van der Waals surface area contributed by atoms with Gasteiger partial charge < -0.3 is 10.6 Å². The Balaban J connectivity index is 1.84. The van der Waals surface area contributed by atoms with Crippen LogP contribution in [0.5, 0.6) is 0 Å². The molecule has 1 aliphatic rings. The SMILES string of the molecule is CC1CCC(NC(=O)Nc2ccccc2Cl)CC1. The van der Waals surface area contributed by atoms with Crippen LogP contribution in [0.15, 0.2) is 24.3 Å². The average Bonchev–Trinajstić information content (AvgIpc) is 2.35. The van der Waals surface area contributed by atoms with Gasteiger partial charge in [0.05, 0.1) is 10.7 Å². The smallest absolute Gasteiger partial charge is 0.319 e. The highest BCUT2D eigenvalue weighted by atomic mass is 35.5. The highest BCUT2D eigenvalue weighted by Crippen LogP contribution is 2.24. The Kier molecular flexibility index (Phi) is 4.48. The number of benzene rings is 1. The lowest BCUT2D eigenvalue weighted by atomic mass is 9.87. The summed E-state index contributed by atoms with van der Waals surface area (Å²) in [6.45, 7) is 2.26. The van der Waals surface area contributed by atoms with Crippen molar-refractivity contribution < 1.29 is 4.79 Å². The second-order valence-electron chi connectivity index (χ2n) is 5.04. The predicted octanol–water partition coefficient (Wildman–Crippen LogP) is 4.04. The molecule has 0 aliphatic heterocycles. The van der Waals surface area contributed by atoms with E-state index in [9.17, 15) is 4.79 Å². The van der Waals surface area contributed by atoms with Gasteiger partial charge in [-0.15, -0.1) is 0 Å². The zero-order chi connectivity index (χ0) is 13.0. The molecule has 0 saturated heterocycles. The van der Waals surface area contributed by atoms with Gasteiger partial charge in [-0.2, -0.15) is 0 Å². The Morgan fingerprint density at radius 1 is 1.22 bits per heavy atom. The van der Waals surface area contributed by atoms with Crippen molar-refractivity contribution in [1.82, 2.24) is 5.32 Å². The van der Waals surface area contributed by atoms with Gasteiger partial charge in [0.2, 0.25) is 0 Å². The molecule has 0 spiro atoms. The highest BCUT2D eigenvalue weighted by molar-refractivity contribution is 6.33. The number of halogens is 1. The van der Waals surface area contributed by atoms with Crippen LogP contribution in [0.2, 0.25) is 5.02 Å². The molecule has 1 saturated carbocycles. The number of para-hydroxylation sites is 1. The van der Waals surface area contributed by atoms with Crippen molar-refractivity contribution in [2.45, 2.75) is 38.6 Å². The monoisotopic (exact) mass is 266 g/mol. The van der Waals surface area contributed by atoms with Crippen LogP contribution in [0, 0.1) is 5.92 Å². The number of hydrogen-bond donors (Lipinski definition) is 2. The minimum atomic E-state index is -0.164. The lowest BCUT2D eigenvalue weighted by molar-refractivity contribution is 0.239. The molecule has 0 unspecified atom stereocenters. The summed E-state index contributed by atoms with van der Waals surface area (Å²) in [5.41, 5.74) is 0.654. The summed E-state index contributed by atoms with van der Waals surface area (Å²) in [4.78, 5) is 11.8. The number of carbonyl (C=O) groups excluding carboxylic acids is 1. The highest BCUT2D eigenvalue weighted by Gasteiger charge is 2.19. The summed E-state index contributed by atoms with van der Waals surface area (Å²) >= 11 is 5.99. The average molecular weight is 267 g/mol. The molecule has 2 amide bonds. The fourth-order valence-electron chi connectivity index (χ4n) is 2.31. The summed E-state index contributed by atoms with van der Waals surface area (Å²) in [7, 11) is 0. The third kappa shape index (κ3) is 3.64. The van der Waals surface area contributed by atoms with Gasteiger partial charge in [0, 0.05) is 6.04 Å². The first-order chi connectivity index (χ1) is 8.65. The topological polar surface area (TPSA) is 41.1 Å². The summed E-state index contributed by atoms with van der Waals surface area (Å²) in [6, 6.07) is 7.38. The maximum atomic E-state index is 11.8. The van der Waals surface area contributed by atoms with Crippen LogP contribution in [-0.2, 0) is 0 Å². The third-order valence-electron chi connectivity index (χ3n) is 3.47. The van der Waals surface area contributed by atoms with Crippen molar-refractivity contribution >= 4 is 23.3 Å². The fraction of sp³-hybridized carbons (Fsp3) is 0.500. The van der Waals surface area contributed by atoms with Crippen molar-refractivity contribution in [3.05, 3.63) is 29.3 Å². The Morgan fingerprint density at radius 2 is 1.89 bits per heavy atom. The van der Waals surface area contributed by atoms with Crippen molar-refractivity contribution in [2.24, 2.45) is 5.92 Å². The van der Waals surface area contributed by atoms with Crippen LogP contribution in [0.3, 0.4) is 0 Å². The van der Waals surface area contributed by atoms with Crippen molar-refractivity contribution in [3.63, 3.8) is 0 Å². The molecule has 0 atom stereocenters. The maximum absolute atomic E-state index is 11.8. The van der Waals surface area contributed by atoms with E-state index in [4.69, 9.17) is 11.6 Å². The van der Waals surface area contributed by atoms with Crippen molar-refractivity contribution in [2.75, 3.05) is 5.32 Å². The van der Waals surface area contributed by atoms with E-state index in [-0.39, 0.29) is 6.03 Å². The number of carbonyl (C=O) groups is 1. The number of amides is 2. The zero-order valence-corrected chi connectivity index (χ0v) is 11.3. The summed E-state index contributed by atoms with van der Waals surface area (Å²) in [5, 5.41) is 6.35. The second kappa shape index (κ2) is 6.10. The normalized spacial score (nSPS) is 23.4. The summed E-state index contributed by atoms with van der Waals surface area (Å²) in [5.74, 6) is 0.787. The minimum absolute atomic E-state index is 0.164. The number of hydrogen-bond acceptors (Lipinski definition) is 1. The molecule has 98 valence electrons. The largest absolute Gasteiger partial charge is 0.335 e. The van der Waals surface area contributed by atoms with E-state index in [1.807, 2.05) is 12.1 Å². The first kappa shape index (κ1) is 13.2. The van der Waals surface area contributed by atoms with Crippen LogP contribution in [0.1, 0.15) is 32.6 Å². The zero-order valence-electron chi connectivity index (χ0n) is 10.6. The van der Waals surface area contributed by atoms with Crippen molar-refractivity contribution in [1.29, 1.82) is 0 Å². The Morgan fingerprint density at radius 3 is 2.56 bits per heavy atom. The number of anilines is 1. The Hall–Kier alpha value is -1.22. The molecule has 0 aromatic heterocycles. The molecule has 0 heterocycles. The Labute approximate surface area is 113 Å². The molecule has 1 aliphatic carbocycles. The minimum Gasteiger partial charge on any atom is -0.335 e. The third-order valence-corrected chi connectivity index (χ3v) is 3.80. The van der Waals surface area contributed by atoms with E-state index in [1.165, 1.54) is 12.8 Å². The molecule has 4 heteroatoms. The molecule has 0 radical (unpaired) electrons. The number of rotatable bonds is 2. The molecule has 2 N–H and O–H groups in total. The quantitative estimate of drug-likeness (QED) is 0.833. The summed E-state index contributed by atoms with van der Waals surface area (Å²) < 4.78 is 0. The maximum Gasteiger partial charge on any atom is 0.319 e. The van der Waals surface area contributed by atoms with Crippen LogP contribution < -0.4 is 10.6 Å². The molecule has 2 rings (SSSR count). The fourth-order valence-corrected chi connectivity index (χ4v) is 2.49. The Bertz CT molecular complexity index is 414. The number of nitrogens with one attached hydrogen (secondary N) is 2. The van der Waals surface area contributed by atoms with Crippen LogP contribution in [0.4, 0.5) is 10.5 Å². The molecule has 1 fully saturated rings. The van der Waals surface area contributed by atoms with Gasteiger partial charge in [-0.05, 0) is 43.7 Å². The molecule has 3 nitrogen and oxygen atoms in total. The van der Waals surface area contributed by atoms with Crippen LogP contribution >= 0.6 is 11.6 Å². The van der Waals surface area contributed by atoms with Gasteiger partial charge in [-0.3, -0.25) is 0 Å². The molecule has 1 aromatic carbocycles. The van der Waals surface area contributed by atoms with Gasteiger partial charge >= 0.3 is 6.03 Å². The van der Waals surface area contributed by atoms with Crippen molar-refractivity contribution in [3.8, 4) is 0 Å². The van der Waals surface area contributed by atoms with E-state index >= 15 is 0 Å². The second-order valence-corrected chi connectivity index (χ2v) is 5.44. The van der Waals surface area contributed by atoms with E-state index in [0.29, 0.717) is 16.8 Å². The van der Waals surface area contributed by atoms with Gasteiger partial charge in [0.1, 0.15) is 0 Å². The standard InChI is InChI=1S/C14H19ClN2O/c1-10-6-8-11(9-7-10)16-14(18)17-13-5-3-2-4-12(13)15/h2-5,10-11H,6-9H2,1H3,(H2,16,17,18).